The fourth-order valence-corrected chi connectivity index (χ4v) is 3.89. The lowest BCUT2D eigenvalue weighted by Gasteiger charge is -2.36. The van der Waals surface area contributed by atoms with Crippen LogP contribution in [0.15, 0.2) is 24.3 Å². The second-order valence-electron chi connectivity index (χ2n) is 7.18. The summed E-state index contributed by atoms with van der Waals surface area (Å²) in [6.07, 6.45) is 3.16. The Morgan fingerprint density at radius 3 is 2.32 bits per heavy atom. The molecule has 0 bridgehead atoms. The molecule has 1 aromatic carbocycles. The molecule has 5 nitrogen and oxygen atoms in total. The predicted octanol–water partition coefficient (Wildman–Crippen LogP) is 2.86. The predicted molar refractivity (Wildman–Crippen MR) is 99.6 cm³/mol. The Bertz CT molecular complexity index is 621. The molecule has 0 unspecified atom stereocenters. The van der Waals surface area contributed by atoms with Crippen LogP contribution in [0.3, 0.4) is 0 Å². The Balaban J connectivity index is 1.48. The van der Waals surface area contributed by atoms with Crippen LogP contribution in [0.1, 0.15) is 25.7 Å². The lowest BCUT2D eigenvalue weighted by molar-refractivity contribution is -0.139. The third-order valence-corrected chi connectivity index (χ3v) is 5.59. The van der Waals surface area contributed by atoms with Gasteiger partial charge in [-0.2, -0.15) is 0 Å². The average Bonchev–Trinajstić information content (AvgIpc) is 2.62. The summed E-state index contributed by atoms with van der Waals surface area (Å²) in [5.74, 6) is 0.378. The number of carbonyl (C=O) groups is 2. The molecule has 1 aliphatic carbocycles. The van der Waals surface area contributed by atoms with E-state index in [9.17, 15) is 9.59 Å². The van der Waals surface area contributed by atoms with E-state index in [-0.39, 0.29) is 23.7 Å². The highest BCUT2D eigenvalue weighted by Gasteiger charge is 2.32. The maximum atomic E-state index is 12.7. The summed E-state index contributed by atoms with van der Waals surface area (Å²) in [5, 5.41) is 3.55. The lowest BCUT2D eigenvalue weighted by atomic mass is 9.80. The number of nitrogens with zero attached hydrogens (tertiary/aromatic N) is 2. The van der Waals surface area contributed by atoms with Crippen molar-refractivity contribution in [3.05, 3.63) is 29.3 Å². The van der Waals surface area contributed by atoms with Gasteiger partial charge in [0, 0.05) is 48.7 Å². The maximum absolute atomic E-state index is 12.7. The number of benzene rings is 1. The lowest BCUT2D eigenvalue weighted by Crippen LogP contribution is -2.49. The first-order chi connectivity index (χ1) is 12.0. The van der Waals surface area contributed by atoms with Crippen LogP contribution in [0, 0.1) is 11.8 Å². The normalized spacial score (nSPS) is 24.8. The monoisotopic (exact) mass is 363 g/mol. The van der Waals surface area contributed by atoms with Crippen molar-refractivity contribution in [3.8, 4) is 0 Å². The number of piperazine rings is 1. The van der Waals surface area contributed by atoms with Crippen LogP contribution in [0.2, 0.25) is 5.02 Å². The Kier molecular flexibility index (Phi) is 5.97. The van der Waals surface area contributed by atoms with E-state index in [4.69, 9.17) is 11.6 Å². The third kappa shape index (κ3) is 4.73. The van der Waals surface area contributed by atoms with E-state index in [0.717, 1.165) is 57.5 Å². The standard InChI is InChI=1S/C19H26ClN3O2/c1-22-9-11-23(12-10-22)19(25)15-7-5-14(6-8-15)18(24)21-17-4-2-3-16(20)13-17/h2-4,13-15H,5-12H2,1H3,(H,21,24). The molecular weight excluding hydrogens is 338 g/mol. The van der Waals surface area contributed by atoms with Gasteiger partial charge < -0.3 is 15.1 Å². The third-order valence-electron chi connectivity index (χ3n) is 5.35. The molecular formula is C19H26ClN3O2. The van der Waals surface area contributed by atoms with Gasteiger partial charge in [0.15, 0.2) is 0 Å². The smallest absolute Gasteiger partial charge is 0.227 e. The molecule has 0 radical (unpaired) electrons. The Labute approximate surface area is 154 Å². The van der Waals surface area contributed by atoms with Gasteiger partial charge in [0.1, 0.15) is 0 Å². The number of anilines is 1. The van der Waals surface area contributed by atoms with Gasteiger partial charge >= 0.3 is 0 Å². The minimum Gasteiger partial charge on any atom is -0.340 e. The zero-order chi connectivity index (χ0) is 17.8. The summed E-state index contributed by atoms with van der Waals surface area (Å²) < 4.78 is 0. The summed E-state index contributed by atoms with van der Waals surface area (Å²) >= 11 is 5.95. The van der Waals surface area contributed by atoms with Crippen molar-refractivity contribution in [3.63, 3.8) is 0 Å². The van der Waals surface area contributed by atoms with Crippen molar-refractivity contribution >= 4 is 29.1 Å². The highest BCUT2D eigenvalue weighted by atomic mass is 35.5. The molecule has 3 rings (SSSR count). The van der Waals surface area contributed by atoms with Gasteiger partial charge in [0.05, 0.1) is 0 Å². The van der Waals surface area contributed by atoms with Crippen molar-refractivity contribution in [2.24, 2.45) is 11.8 Å². The van der Waals surface area contributed by atoms with Gasteiger partial charge in [-0.25, -0.2) is 0 Å². The Hall–Kier alpha value is -1.59. The molecule has 1 heterocycles. The van der Waals surface area contributed by atoms with Gasteiger partial charge in [0.2, 0.25) is 11.8 Å². The van der Waals surface area contributed by atoms with Crippen molar-refractivity contribution in [1.29, 1.82) is 0 Å². The molecule has 2 fully saturated rings. The summed E-state index contributed by atoms with van der Waals surface area (Å²) in [6, 6.07) is 7.20. The number of amides is 2. The molecule has 0 atom stereocenters. The summed E-state index contributed by atoms with van der Waals surface area (Å²) in [6.45, 7) is 3.54. The second kappa shape index (κ2) is 8.19. The molecule has 1 saturated carbocycles. The molecule has 0 spiro atoms. The molecule has 25 heavy (non-hydrogen) atoms. The number of hydrogen-bond donors (Lipinski definition) is 1. The quantitative estimate of drug-likeness (QED) is 0.898. The van der Waals surface area contributed by atoms with E-state index in [0.29, 0.717) is 5.02 Å². The molecule has 2 aliphatic rings. The Morgan fingerprint density at radius 2 is 1.68 bits per heavy atom. The van der Waals surface area contributed by atoms with Crippen molar-refractivity contribution in [2.45, 2.75) is 25.7 Å². The summed E-state index contributed by atoms with van der Waals surface area (Å²) in [4.78, 5) is 29.3. The molecule has 1 saturated heterocycles. The van der Waals surface area contributed by atoms with Crippen molar-refractivity contribution < 1.29 is 9.59 Å². The van der Waals surface area contributed by atoms with Gasteiger partial charge in [-0.05, 0) is 50.9 Å². The van der Waals surface area contributed by atoms with E-state index < -0.39 is 0 Å². The Morgan fingerprint density at radius 1 is 1.04 bits per heavy atom. The highest BCUT2D eigenvalue weighted by molar-refractivity contribution is 6.30. The summed E-state index contributed by atoms with van der Waals surface area (Å²) in [5.41, 5.74) is 0.730. The van der Waals surface area contributed by atoms with Gasteiger partial charge in [0.25, 0.3) is 0 Å². The zero-order valence-corrected chi connectivity index (χ0v) is 15.5. The minimum atomic E-state index is -0.0180. The maximum Gasteiger partial charge on any atom is 0.227 e. The fraction of sp³-hybridized carbons (Fsp3) is 0.579. The van der Waals surface area contributed by atoms with Crippen molar-refractivity contribution in [2.75, 3.05) is 38.5 Å². The molecule has 1 aliphatic heterocycles. The molecule has 2 amide bonds. The number of likely N-dealkylation sites (N-methyl/N-ethyl adjacent to an activating group) is 1. The first-order valence-corrected chi connectivity index (χ1v) is 9.44. The van der Waals surface area contributed by atoms with E-state index in [1.807, 2.05) is 17.0 Å². The van der Waals surface area contributed by atoms with E-state index >= 15 is 0 Å². The molecule has 1 N–H and O–H groups in total. The van der Waals surface area contributed by atoms with Crippen LogP contribution in [-0.4, -0.2) is 54.8 Å². The van der Waals surface area contributed by atoms with E-state index in [2.05, 4.69) is 17.3 Å². The van der Waals surface area contributed by atoms with Gasteiger partial charge in [-0.15, -0.1) is 0 Å². The average molecular weight is 364 g/mol. The van der Waals surface area contributed by atoms with E-state index in [1.165, 1.54) is 0 Å². The number of nitrogens with one attached hydrogen (secondary N) is 1. The topological polar surface area (TPSA) is 52.7 Å². The largest absolute Gasteiger partial charge is 0.340 e. The molecule has 1 aromatic rings. The molecule has 6 heteroatoms. The summed E-state index contributed by atoms with van der Waals surface area (Å²) in [7, 11) is 2.09. The zero-order valence-electron chi connectivity index (χ0n) is 14.7. The van der Waals surface area contributed by atoms with E-state index in [1.54, 1.807) is 12.1 Å². The van der Waals surface area contributed by atoms with Gasteiger partial charge in [-0.3, -0.25) is 9.59 Å². The number of hydrogen-bond acceptors (Lipinski definition) is 3. The van der Waals surface area contributed by atoms with Crippen LogP contribution < -0.4 is 5.32 Å². The van der Waals surface area contributed by atoms with Crippen LogP contribution in [-0.2, 0) is 9.59 Å². The first-order valence-electron chi connectivity index (χ1n) is 9.06. The SMILES string of the molecule is CN1CCN(C(=O)C2CCC(C(=O)Nc3cccc(Cl)c3)CC2)CC1. The fourth-order valence-electron chi connectivity index (χ4n) is 3.70. The van der Waals surface area contributed by atoms with Crippen LogP contribution in [0.4, 0.5) is 5.69 Å². The van der Waals surface area contributed by atoms with Crippen molar-refractivity contribution in [1.82, 2.24) is 9.80 Å². The number of halogens is 1. The number of carbonyl (C=O) groups excluding carboxylic acids is 2. The van der Waals surface area contributed by atoms with Crippen LogP contribution in [0.5, 0.6) is 0 Å². The molecule has 136 valence electrons. The van der Waals surface area contributed by atoms with Gasteiger partial charge in [-0.1, -0.05) is 17.7 Å². The molecule has 0 aromatic heterocycles. The highest BCUT2D eigenvalue weighted by Crippen LogP contribution is 2.31. The minimum absolute atomic E-state index is 0.0180. The second-order valence-corrected chi connectivity index (χ2v) is 7.61. The number of rotatable bonds is 3. The van der Waals surface area contributed by atoms with Crippen LogP contribution in [0.25, 0.3) is 0 Å². The van der Waals surface area contributed by atoms with Crippen LogP contribution >= 0.6 is 11.6 Å². The first kappa shape index (κ1) is 18.2.